The summed E-state index contributed by atoms with van der Waals surface area (Å²) in [6, 6.07) is -0.305. The van der Waals surface area contributed by atoms with Crippen LogP contribution in [-0.2, 0) is 14.3 Å². The molecule has 6 nitrogen and oxygen atoms in total. The first-order valence-corrected chi connectivity index (χ1v) is 9.99. The van der Waals surface area contributed by atoms with Crippen LogP contribution in [-0.4, -0.2) is 43.3 Å². The van der Waals surface area contributed by atoms with E-state index in [0.717, 1.165) is 19.3 Å². The SMILES string of the molecule is COCNC(=O)C1CCCN1NC(=O)C(C)(C)CC1CCC(C)(C)CC1. The molecule has 1 unspecified atom stereocenters. The van der Waals surface area contributed by atoms with E-state index in [-0.39, 0.29) is 24.6 Å². The number of nitrogens with zero attached hydrogens (tertiary/aromatic N) is 1. The molecular formula is C20H37N3O3. The third-order valence-electron chi connectivity index (χ3n) is 6.06. The van der Waals surface area contributed by atoms with Crippen molar-refractivity contribution in [2.75, 3.05) is 20.4 Å². The molecule has 26 heavy (non-hydrogen) atoms. The van der Waals surface area contributed by atoms with Gasteiger partial charge in [-0.05, 0) is 56.3 Å². The average molecular weight is 368 g/mol. The Morgan fingerprint density at radius 1 is 1.19 bits per heavy atom. The van der Waals surface area contributed by atoms with Crippen molar-refractivity contribution in [2.24, 2.45) is 16.7 Å². The molecule has 1 aliphatic carbocycles. The largest absolute Gasteiger partial charge is 0.364 e. The van der Waals surface area contributed by atoms with Crippen LogP contribution in [0.4, 0.5) is 0 Å². The van der Waals surface area contributed by atoms with Gasteiger partial charge in [0.15, 0.2) is 0 Å². The minimum atomic E-state index is -0.428. The van der Waals surface area contributed by atoms with Gasteiger partial charge in [0.05, 0.1) is 0 Å². The van der Waals surface area contributed by atoms with Gasteiger partial charge in [0.2, 0.25) is 11.8 Å². The summed E-state index contributed by atoms with van der Waals surface area (Å²) < 4.78 is 4.90. The van der Waals surface area contributed by atoms with E-state index in [1.807, 2.05) is 13.8 Å². The maximum absolute atomic E-state index is 12.9. The molecule has 1 saturated carbocycles. The van der Waals surface area contributed by atoms with Crippen molar-refractivity contribution in [3.63, 3.8) is 0 Å². The van der Waals surface area contributed by atoms with Crippen LogP contribution in [0.5, 0.6) is 0 Å². The number of hydrogen-bond donors (Lipinski definition) is 2. The summed E-state index contributed by atoms with van der Waals surface area (Å²) in [7, 11) is 1.55. The minimum absolute atomic E-state index is 0.0220. The summed E-state index contributed by atoms with van der Waals surface area (Å²) in [5.74, 6) is 0.550. The highest BCUT2D eigenvalue weighted by atomic mass is 16.5. The van der Waals surface area contributed by atoms with E-state index >= 15 is 0 Å². The molecule has 2 N–H and O–H groups in total. The zero-order valence-corrected chi connectivity index (χ0v) is 17.2. The molecule has 150 valence electrons. The highest BCUT2D eigenvalue weighted by molar-refractivity contribution is 5.84. The number of hydrazine groups is 1. The lowest BCUT2D eigenvalue weighted by Gasteiger charge is -2.38. The van der Waals surface area contributed by atoms with E-state index in [2.05, 4.69) is 24.6 Å². The molecule has 2 amide bonds. The van der Waals surface area contributed by atoms with Gasteiger partial charge < -0.3 is 10.1 Å². The first kappa shape index (κ1) is 21.2. The third kappa shape index (κ3) is 5.68. The standard InChI is InChI=1S/C20H37N3O3/c1-19(2)10-8-15(9-11-19)13-20(3,4)18(25)22-23-12-6-7-16(23)17(24)21-14-26-5/h15-16H,6-14H2,1-5H3,(H,21,24)(H,22,25). The van der Waals surface area contributed by atoms with Gasteiger partial charge in [-0.15, -0.1) is 0 Å². The first-order valence-electron chi connectivity index (χ1n) is 9.99. The molecule has 6 heteroatoms. The second kappa shape index (κ2) is 8.70. The van der Waals surface area contributed by atoms with Crippen LogP contribution in [0.15, 0.2) is 0 Å². The van der Waals surface area contributed by atoms with E-state index in [1.165, 1.54) is 25.7 Å². The van der Waals surface area contributed by atoms with Crippen LogP contribution in [0.25, 0.3) is 0 Å². The summed E-state index contributed by atoms with van der Waals surface area (Å²) in [6.07, 6.45) is 7.46. The lowest BCUT2D eigenvalue weighted by Crippen LogP contribution is -2.54. The van der Waals surface area contributed by atoms with Gasteiger partial charge in [0, 0.05) is 19.1 Å². The monoisotopic (exact) mass is 367 g/mol. The third-order valence-corrected chi connectivity index (χ3v) is 6.06. The van der Waals surface area contributed by atoms with Crippen LogP contribution in [0, 0.1) is 16.7 Å². The van der Waals surface area contributed by atoms with E-state index in [4.69, 9.17) is 4.74 Å². The van der Waals surface area contributed by atoms with Gasteiger partial charge >= 0.3 is 0 Å². The molecule has 1 atom stereocenters. The van der Waals surface area contributed by atoms with Gasteiger partial charge in [-0.3, -0.25) is 15.0 Å². The lowest BCUT2D eigenvalue weighted by atomic mass is 9.69. The quantitative estimate of drug-likeness (QED) is 0.679. The Hall–Kier alpha value is -1.14. The molecule has 0 bridgehead atoms. The molecule has 1 saturated heterocycles. The fourth-order valence-corrected chi connectivity index (χ4v) is 4.19. The number of nitrogens with one attached hydrogen (secondary N) is 2. The van der Waals surface area contributed by atoms with E-state index < -0.39 is 5.41 Å². The highest BCUT2D eigenvalue weighted by Crippen LogP contribution is 2.42. The molecular weight excluding hydrogens is 330 g/mol. The number of methoxy groups -OCH3 is 1. The summed E-state index contributed by atoms with van der Waals surface area (Å²) in [5, 5.41) is 4.54. The molecule has 0 radical (unpaired) electrons. The van der Waals surface area contributed by atoms with Crippen molar-refractivity contribution < 1.29 is 14.3 Å². The van der Waals surface area contributed by atoms with Gasteiger partial charge in [-0.25, -0.2) is 5.01 Å². The number of rotatable bonds is 7. The number of ether oxygens (including phenoxy) is 1. The van der Waals surface area contributed by atoms with Crippen molar-refractivity contribution in [3.05, 3.63) is 0 Å². The van der Waals surface area contributed by atoms with Gasteiger partial charge in [-0.1, -0.05) is 27.7 Å². The number of hydrogen-bond acceptors (Lipinski definition) is 4. The van der Waals surface area contributed by atoms with Crippen molar-refractivity contribution >= 4 is 11.8 Å². The van der Waals surface area contributed by atoms with Gasteiger partial charge in [0.1, 0.15) is 12.8 Å². The molecule has 1 heterocycles. The summed E-state index contributed by atoms with van der Waals surface area (Å²) in [6.45, 7) is 9.63. The Kier molecular flexibility index (Phi) is 7.08. The Labute approximate surface area is 158 Å². The fraction of sp³-hybridized carbons (Fsp3) is 0.900. The predicted molar refractivity (Wildman–Crippen MR) is 102 cm³/mol. The van der Waals surface area contributed by atoms with Crippen molar-refractivity contribution in [3.8, 4) is 0 Å². The fourth-order valence-electron chi connectivity index (χ4n) is 4.19. The number of amides is 2. The Bertz CT molecular complexity index is 495. The number of carbonyl (C=O) groups excluding carboxylic acids is 2. The molecule has 2 fully saturated rings. The highest BCUT2D eigenvalue weighted by Gasteiger charge is 2.38. The van der Waals surface area contributed by atoms with E-state index in [9.17, 15) is 9.59 Å². The second-order valence-corrected chi connectivity index (χ2v) is 9.46. The Balaban J connectivity index is 1.87. The van der Waals surface area contributed by atoms with Crippen molar-refractivity contribution in [1.29, 1.82) is 0 Å². The second-order valence-electron chi connectivity index (χ2n) is 9.46. The van der Waals surface area contributed by atoms with Crippen LogP contribution in [0.1, 0.15) is 72.6 Å². The Morgan fingerprint density at radius 2 is 1.85 bits per heavy atom. The predicted octanol–water partition coefficient (Wildman–Crippen LogP) is 2.83. The lowest BCUT2D eigenvalue weighted by molar-refractivity contribution is -0.138. The molecule has 0 aromatic carbocycles. The molecule has 0 aromatic heterocycles. The van der Waals surface area contributed by atoms with Crippen LogP contribution >= 0.6 is 0 Å². The van der Waals surface area contributed by atoms with Crippen molar-refractivity contribution in [1.82, 2.24) is 15.8 Å². The summed E-state index contributed by atoms with van der Waals surface area (Å²) in [5.41, 5.74) is 3.04. The van der Waals surface area contributed by atoms with Gasteiger partial charge in [-0.2, -0.15) is 0 Å². The van der Waals surface area contributed by atoms with Crippen LogP contribution < -0.4 is 10.7 Å². The molecule has 2 rings (SSSR count). The van der Waals surface area contributed by atoms with Crippen LogP contribution in [0.3, 0.4) is 0 Å². The zero-order valence-electron chi connectivity index (χ0n) is 17.2. The molecule has 0 spiro atoms. The van der Waals surface area contributed by atoms with E-state index in [1.54, 1.807) is 12.1 Å². The van der Waals surface area contributed by atoms with Crippen molar-refractivity contribution in [2.45, 2.75) is 78.7 Å². The maximum Gasteiger partial charge on any atom is 0.241 e. The topological polar surface area (TPSA) is 70.7 Å². The Morgan fingerprint density at radius 3 is 2.46 bits per heavy atom. The van der Waals surface area contributed by atoms with E-state index in [0.29, 0.717) is 17.9 Å². The summed E-state index contributed by atoms with van der Waals surface area (Å²) >= 11 is 0. The molecule has 2 aliphatic rings. The summed E-state index contributed by atoms with van der Waals surface area (Å²) in [4.78, 5) is 25.1. The normalized spacial score (nSPS) is 24.4. The number of carbonyl (C=O) groups is 2. The first-order chi connectivity index (χ1) is 12.1. The molecule has 0 aromatic rings. The zero-order chi connectivity index (χ0) is 19.4. The molecule has 1 aliphatic heterocycles. The smallest absolute Gasteiger partial charge is 0.241 e. The van der Waals surface area contributed by atoms with Gasteiger partial charge in [0.25, 0.3) is 0 Å². The average Bonchev–Trinajstić information content (AvgIpc) is 3.02. The maximum atomic E-state index is 12.9. The minimum Gasteiger partial charge on any atom is -0.364 e. The van der Waals surface area contributed by atoms with Crippen LogP contribution in [0.2, 0.25) is 0 Å².